The van der Waals surface area contributed by atoms with Crippen LogP contribution in [0.1, 0.15) is 0 Å². The van der Waals surface area contributed by atoms with Gasteiger partial charge in [0.15, 0.2) is 40.8 Å². The van der Waals surface area contributed by atoms with Crippen molar-refractivity contribution < 1.29 is 0 Å². The maximum atomic E-state index is 5.37. The molecule has 8 nitrogen and oxygen atoms in total. The number of benzene rings is 17. The summed E-state index contributed by atoms with van der Waals surface area (Å²) in [5, 5.41) is 18.2. The van der Waals surface area contributed by atoms with Gasteiger partial charge in [0, 0.05) is 50.1 Å². The zero-order chi connectivity index (χ0) is 68.6. The smallest absolute Gasteiger partial charge is 0.164 e. The average molecular weight is 1320 g/mol. The molecule has 0 atom stereocenters. The predicted molar refractivity (Wildman–Crippen MR) is 429 cm³/mol. The van der Waals surface area contributed by atoms with E-state index in [1.165, 1.54) is 21.5 Å². The molecule has 0 aliphatic heterocycles. The molecule has 8 heteroatoms. The van der Waals surface area contributed by atoms with Gasteiger partial charge in [-0.2, -0.15) is 0 Å². The summed E-state index contributed by atoms with van der Waals surface area (Å²) in [5.74, 6) is 4.25. The molecule has 104 heavy (non-hydrogen) atoms. The first-order valence-electron chi connectivity index (χ1n) is 35.0. The van der Waals surface area contributed by atoms with Crippen molar-refractivity contribution in [1.82, 2.24) is 39.9 Å². The van der Waals surface area contributed by atoms with Gasteiger partial charge in [-0.25, -0.2) is 39.9 Å². The van der Waals surface area contributed by atoms with Crippen molar-refractivity contribution in [1.29, 1.82) is 0 Å². The van der Waals surface area contributed by atoms with Gasteiger partial charge in [0.2, 0.25) is 0 Å². The number of rotatable bonds is 11. The van der Waals surface area contributed by atoms with E-state index in [9.17, 15) is 0 Å². The van der Waals surface area contributed by atoms with Crippen LogP contribution >= 0.6 is 0 Å². The van der Waals surface area contributed by atoms with Crippen molar-refractivity contribution in [2.24, 2.45) is 0 Å². The summed E-state index contributed by atoms with van der Waals surface area (Å²) in [6.45, 7) is 0. The van der Waals surface area contributed by atoms with Crippen LogP contribution in [-0.4, -0.2) is 39.9 Å². The molecule has 0 unspecified atom stereocenters. The van der Waals surface area contributed by atoms with E-state index in [1.54, 1.807) is 0 Å². The van der Waals surface area contributed by atoms with Crippen LogP contribution in [0.4, 0.5) is 0 Å². The van der Waals surface area contributed by atoms with Crippen molar-refractivity contribution in [3.63, 3.8) is 0 Å². The summed E-state index contributed by atoms with van der Waals surface area (Å²) in [5.41, 5.74) is 14.4. The highest BCUT2D eigenvalue weighted by Crippen LogP contribution is 2.41. The Kier molecular flexibility index (Phi) is 14.4. The molecular formula is C96H58N8. The van der Waals surface area contributed by atoms with Crippen molar-refractivity contribution >= 4 is 86.2 Å². The van der Waals surface area contributed by atoms with E-state index >= 15 is 0 Å². The second kappa shape index (κ2) is 25.0. The Morgan fingerprint density at radius 2 is 0.423 bits per heavy atom. The topological polar surface area (TPSA) is 103 Å². The highest BCUT2D eigenvalue weighted by Gasteiger charge is 2.20. The molecule has 17 aromatic carbocycles. The fraction of sp³-hybridized carbons (Fsp3) is 0. The van der Waals surface area contributed by atoms with Crippen molar-refractivity contribution in [2.45, 2.75) is 0 Å². The maximum Gasteiger partial charge on any atom is 0.164 e. The van der Waals surface area contributed by atoms with Gasteiger partial charge in [-0.05, 0) is 157 Å². The minimum Gasteiger partial charge on any atom is -0.228 e. The van der Waals surface area contributed by atoms with E-state index in [1.807, 2.05) is 24.3 Å². The second-order valence-corrected chi connectivity index (χ2v) is 26.6. The molecule has 20 rings (SSSR count). The number of fused-ring (bicyclic) bond motifs is 11. The SMILES string of the molecule is c1ccc(-c2cc(-c3cccc(-c4cccc5c4ccc4ccc(-c6nc(-c7ccccc7)nc(-c7cccc(-c8cccc9c8ccc8ccc(-c%10nc(-c%11ccc%12ccccc%12c%11)nc(-c%11ccc%12ccccc%12c%11)n%10)cc89)c7)n6)cc45)c3)nc(-c3ccc4ccc5ccccc5c4c3)n2)cc1. The highest BCUT2D eigenvalue weighted by molar-refractivity contribution is 6.15. The van der Waals surface area contributed by atoms with Gasteiger partial charge in [-0.15, -0.1) is 0 Å². The minimum atomic E-state index is 0.576. The molecule has 0 saturated heterocycles. The van der Waals surface area contributed by atoms with E-state index < -0.39 is 0 Å². The van der Waals surface area contributed by atoms with Gasteiger partial charge in [0.1, 0.15) is 0 Å². The summed E-state index contributed by atoms with van der Waals surface area (Å²) in [6.07, 6.45) is 0. The fourth-order valence-corrected chi connectivity index (χ4v) is 15.0. The molecule has 0 radical (unpaired) electrons. The number of aromatic nitrogens is 8. The van der Waals surface area contributed by atoms with Crippen LogP contribution in [0.25, 0.3) is 211 Å². The summed E-state index contributed by atoms with van der Waals surface area (Å²) in [6, 6.07) is 124. The Bertz CT molecular complexity index is 6780. The Labute approximate surface area is 598 Å². The third kappa shape index (κ3) is 10.9. The van der Waals surface area contributed by atoms with Crippen LogP contribution in [0.5, 0.6) is 0 Å². The monoisotopic (exact) mass is 1320 g/mol. The minimum absolute atomic E-state index is 0.576. The van der Waals surface area contributed by atoms with Crippen molar-refractivity contribution in [3.05, 3.63) is 352 Å². The van der Waals surface area contributed by atoms with Crippen molar-refractivity contribution in [3.8, 4) is 124 Å². The van der Waals surface area contributed by atoms with Gasteiger partial charge >= 0.3 is 0 Å². The normalized spacial score (nSPS) is 11.7. The molecule has 0 amide bonds. The zero-order valence-electron chi connectivity index (χ0n) is 56.1. The molecule has 482 valence electrons. The van der Waals surface area contributed by atoms with Crippen LogP contribution in [0.2, 0.25) is 0 Å². The Morgan fingerprint density at radius 1 is 0.125 bits per heavy atom. The molecular weight excluding hydrogens is 1270 g/mol. The van der Waals surface area contributed by atoms with Gasteiger partial charge < -0.3 is 0 Å². The largest absolute Gasteiger partial charge is 0.228 e. The first kappa shape index (κ1) is 59.9. The summed E-state index contributed by atoms with van der Waals surface area (Å²) in [7, 11) is 0. The molecule has 0 bridgehead atoms. The van der Waals surface area contributed by atoms with Crippen LogP contribution in [-0.2, 0) is 0 Å². The van der Waals surface area contributed by atoms with E-state index in [2.05, 4.69) is 328 Å². The zero-order valence-corrected chi connectivity index (χ0v) is 56.1. The van der Waals surface area contributed by atoms with Gasteiger partial charge in [0.25, 0.3) is 0 Å². The third-order valence-electron chi connectivity index (χ3n) is 20.3. The molecule has 0 saturated carbocycles. The summed E-state index contributed by atoms with van der Waals surface area (Å²) < 4.78 is 0. The van der Waals surface area contributed by atoms with Crippen LogP contribution in [0, 0.1) is 0 Å². The molecule has 3 aromatic heterocycles. The van der Waals surface area contributed by atoms with Crippen LogP contribution in [0.15, 0.2) is 352 Å². The standard InChI is InChI=1S/C96H58N8/c1-3-20-65(21-4-1)88-58-89(98-91(97-88)75-44-39-62-38-37-61-19-11-12-30-78(61)85(62)55-75)71-28-13-26-69(53-71)79-31-15-33-81-83(79)49-47-63-40-45-76(56-86(63)81)95-100-90(66-22-5-2-6-23-66)99-92(101-95)72-29-14-27-70(54-72)80-32-16-34-82-84(80)50-48-64-41-46-77(57-87(64)82)96-103-93(73-42-35-59-17-7-9-24-67(59)51-73)102-94(104-96)74-43-36-60-18-8-10-25-68(60)52-74/h1-58H. The number of hydrogen-bond donors (Lipinski definition) is 0. The first-order valence-corrected chi connectivity index (χ1v) is 35.0. The predicted octanol–water partition coefficient (Wildman–Crippen LogP) is 24.4. The quantitative estimate of drug-likeness (QED) is 0.118. The second-order valence-electron chi connectivity index (χ2n) is 26.6. The lowest BCUT2D eigenvalue weighted by Crippen LogP contribution is -2.00. The van der Waals surface area contributed by atoms with Crippen LogP contribution < -0.4 is 0 Å². The molecule has 0 N–H and O–H groups in total. The van der Waals surface area contributed by atoms with Crippen LogP contribution in [0.3, 0.4) is 0 Å². The highest BCUT2D eigenvalue weighted by atomic mass is 15.0. The molecule has 0 fully saturated rings. The third-order valence-corrected chi connectivity index (χ3v) is 20.3. The van der Waals surface area contributed by atoms with Gasteiger partial charge in [-0.3, -0.25) is 0 Å². The molecule has 3 heterocycles. The Balaban J connectivity index is 0.656. The lowest BCUT2D eigenvalue weighted by Gasteiger charge is -2.14. The van der Waals surface area contributed by atoms with Gasteiger partial charge in [0.05, 0.1) is 11.4 Å². The van der Waals surface area contributed by atoms with Crippen molar-refractivity contribution in [2.75, 3.05) is 0 Å². The molecule has 20 aromatic rings. The molecule has 0 aliphatic rings. The van der Waals surface area contributed by atoms with E-state index in [-0.39, 0.29) is 0 Å². The first-order chi connectivity index (χ1) is 51.4. The summed E-state index contributed by atoms with van der Waals surface area (Å²) in [4.78, 5) is 42.1. The Morgan fingerprint density at radius 3 is 0.923 bits per heavy atom. The number of hydrogen-bond acceptors (Lipinski definition) is 8. The number of nitrogens with zero attached hydrogens (tertiary/aromatic N) is 8. The fourth-order valence-electron chi connectivity index (χ4n) is 15.0. The van der Waals surface area contributed by atoms with E-state index in [0.29, 0.717) is 40.8 Å². The lowest BCUT2D eigenvalue weighted by molar-refractivity contribution is 1.07. The maximum absolute atomic E-state index is 5.37. The molecule has 0 spiro atoms. The Hall–Kier alpha value is -14.1. The lowest BCUT2D eigenvalue weighted by atomic mass is 9.93. The van der Waals surface area contributed by atoms with Gasteiger partial charge in [-0.1, -0.05) is 303 Å². The summed E-state index contributed by atoms with van der Waals surface area (Å²) >= 11 is 0. The molecule has 0 aliphatic carbocycles. The van der Waals surface area contributed by atoms with E-state index in [4.69, 9.17) is 39.9 Å². The average Bonchev–Trinajstić information content (AvgIpc) is 0.703. The van der Waals surface area contributed by atoms with E-state index in [0.717, 1.165) is 148 Å².